The molecule has 7 nitrogen and oxygen atoms in total. The van der Waals surface area contributed by atoms with Gasteiger partial charge >= 0.3 is 5.97 Å². The van der Waals surface area contributed by atoms with Crippen LogP contribution in [0, 0.1) is 0 Å². The molecule has 2 aliphatic rings. The second-order valence-electron chi connectivity index (χ2n) is 8.96. The number of aromatic nitrogens is 1. The lowest BCUT2D eigenvalue weighted by molar-refractivity contribution is -0.136. The van der Waals surface area contributed by atoms with Crippen LogP contribution in [-0.4, -0.2) is 45.6 Å². The second kappa shape index (κ2) is 8.44. The van der Waals surface area contributed by atoms with Gasteiger partial charge in [0.1, 0.15) is 17.1 Å². The first-order valence-electron chi connectivity index (χ1n) is 11.4. The maximum atomic E-state index is 10.9. The van der Waals surface area contributed by atoms with E-state index in [1.54, 1.807) is 0 Å². The molecule has 0 saturated carbocycles. The van der Waals surface area contributed by atoms with E-state index < -0.39 is 5.97 Å². The Hall–Kier alpha value is -2.94. The highest BCUT2D eigenvalue weighted by Crippen LogP contribution is 2.38. The first-order valence-corrected chi connectivity index (χ1v) is 12.2. The number of furan rings is 1. The Morgan fingerprint density at radius 1 is 1.18 bits per heavy atom. The number of nitrogens with zero attached hydrogens (tertiary/aromatic N) is 2. The van der Waals surface area contributed by atoms with Crippen molar-refractivity contribution in [2.24, 2.45) is 0 Å². The Bertz CT molecular complexity index is 1270. The molecule has 0 aliphatic carbocycles. The number of carboxylic acids is 1. The summed E-state index contributed by atoms with van der Waals surface area (Å²) in [5.74, 6) is 0.877. The first-order chi connectivity index (χ1) is 16.1. The fraction of sp³-hybridized carbons (Fsp3) is 0.360. The number of thiazole rings is 1. The van der Waals surface area contributed by atoms with Crippen LogP contribution >= 0.6 is 11.3 Å². The van der Waals surface area contributed by atoms with Crippen LogP contribution in [0.25, 0.3) is 21.2 Å². The van der Waals surface area contributed by atoms with Crippen molar-refractivity contribution in [1.29, 1.82) is 0 Å². The molecule has 0 radical (unpaired) electrons. The first kappa shape index (κ1) is 20.7. The van der Waals surface area contributed by atoms with E-state index in [0.717, 1.165) is 59.2 Å². The van der Waals surface area contributed by atoms with Crippen molar-refractivity contribution in [3.63, 3.8) is 0 Å². The third-order valence-electron chi connectivity index (χ3n) is 6.79. The van der Waals surface area contributed by atoms with Crippen LogP contribution in [0.15, 0.2) is 52.9 Å². The average Bonchev–Trinajstić information content (AvgIpc) is 3.45. The molecule has 2 saturated heterocycles. The van der Waals surface area contributed by atoms with Gasteiger partial charge in [-0.3, -0.25) is 9.69 Å². The molecule has 8 heteroatoms. The monoisotopic (exact) mass is 463 g/mol. The van der Waals surface area contributed by atoms with Gasteiger partial charge in [-0.15, -0.1) is 0 Å². The van der Waals surface area contributed by atoms with E-state index in [1.807, 2.05) is 42.5 Å². The zero-order valence-electron chi connectivity index (χ0n) is 18.1. The highest BCUT2D eigenvalue weighted by Gasteiger charge is 2.40. The number of carbonyl (C=O) groups is 1. The third-order valence-corrected chi connectivity index (χ3v) is 7.70. The highest BCUT2D eigenvalue weighted by molar-refractivity contribution is 7.20. The normalized spacial score (nSPS) is 22.8. The number of rotatable bonds is 7. The molecule has 3 atom stereocenters. The minimum atomic E-state index is -0.793. The Labute approximate surface area is 195 Å². The second-order valence-corrected chi connectivity index (χ2v) is 9.96. The van der Waals surface area contributed by atoms with Crippen molar-refractivity contribution in [3.05, 3.63) is 54.3 Å². The van der Waals surface area contributed by atoms with Gasteiger partial charge in [0.2, 0.25) is 0 Å². The molecule has 0 spiro atoms. The zero-order valence-corrected chi connectivity index (χ0v) is 18.9. The van der Waals surface area contributed by atoms with Gasteiger partial charge in [-0.05, 0) is 56.0 Å². The highest BCUT2D eigenvalue weighted by atomic mass is 32.1. The lowest BCUT2D eigenvalue weighted by Crippen LogP contribution is -2.49. The number of hydrogen-bond donors (Lipinski definition) is 2. The van der Waals surface area contributed by atoms with Crippen molar-refractivity contribution < 1.29 is 19.1 Å². The number of ether oxygens (including phenoxy) is 1. The summed E-state index contributed by atoms with van der Waals surface area (Å²) < 4.78 is 13.3. The number of fused-ring (bicyclic) bond motifs is 4. The van der Waals surface area contributed by atoms with Gasteiger partial charge < -0.3 is 19.6 Å². The summed E-state index contributed by atoms with van der Waals surface area (Å²) in [4.78, 5) is 18.0. The van der Waals surface area contributed by atoms with Crippen LogP contribution in [-0.2, 0) is 11.3 Å². The predicted molar refractivity (Wildman–Crippen MR) is 127 cm³/mol. The molecule has 170 valence electrons. The molecule has 33 heavy (non-hydrogen) atoms. The summed E-state index contributed by atoms with van der Waals surface area (Å²) in [5, 5.41) is 13.8. The Balaban J connectivity index is 1.15. The van der Waals surface area contributed by atoms with Gasteiger partial charge in [0, 0.05) is 29.6 Å². The van der Waals surface area contributed by atoms with E-state index in [4.69, 9.17) is 14.3 Å². The molecule has 2 bridgehead atoms. The van der Waals surface area contributed by atoms with Gasteiger partial charge in [-0.1, -0.05) is 23.5 Å². The van der Waals surface area contributed by atoms with Gasteiger partial charge in [-0.25, -0.2) is 4.98 Å². The van der Waals surface area contributed by atoms with Gasteiger partial charge in [-0.2, -0.15) is 0 Å². The maximum absolute atomic E-state index is 10.9. The van der Waals surface area contributed by atoms with Crippen molar-refractivity contribution in [2.75, 3.05) is 6.54 Å². The van der Waals surface area contributed by atoms with E-state index in [9.17, 15) is 4.79 Å². The van der Waals surface area contributed by atoms with Gasteiger partial charge in [0.15, 0.2) is 0 Å². The molecular formula is C25H25N3O4S. The zero-order chi connectivity index (χ0) is 22.4. The van der Waals surface area contributed by atoms with E-state index in [0.29, 0.717) is 23.0 Å². The molecule has 6 rings (SSSR count). The van der Waals surface area contributed by atoms with Crippen LogP contribution in [0.1, 0.15) is 31.4 Å². The standard InChI is InChI=1S/C25H25N3O4S/c29-24(30)13-26-16-10-17-6-7-18(11-16)28(17)14-20-9-15-5-8-19(12-22(15)31-20)32-25-27-21-3-1-2-4-23(21)33-25/h1-5,8-9,12,16-18,26H,6-7,10-11,13-14H2,(H,29,30)/t16-,17+,18-. The Morgan fingerprint density at radius 3 is 2.79 bits per heavy atom. The van der Waals surface area contributed by atoms with Gasteiger partial charge in [0.25, 0.3) is 5.19 Å². The molecule has 2 aliphatic heterocycles. The van der Waals surface area contributed by atoms with Crippen molar-refractivity contribution in [1.82, 2.24) is 15.2 Å². The number of nitrogens with one attached hydrogen (secondary N) is 1. The molecule has 2 aromatic carbocycles. The minimum Gasteiger partial charge on any atom is -0.480 e. The lowest BCUT2D eigenvalue weighted by Gasteiger charge is -2.38. The third kappa shape index (κ3) is 4.21. The smallest absolute Gasteiger partial charge is 0.317 e. The Morgan fingerprint density at radius 2 is 2.00 bits per heavy atom. The number of piperidine rings is 1. The van der Waals surface area contributed by atoms with Crippen molar-refractivity contribution in [2.45, 2.75) is 50.4 Å². The fourth-order valence-electron chi connectivity index (χ4n) is 5.31. The van der Waals surface area contributed by atoms with E-state index in [-0.39, 0.29) is 12.6 Å². The van der Waals surface area contributed by atoms with Crippen LogP contribution < -0.4 is 10.1 Å². The molecule has 0 amide bonds. The predicted octanol–water partition coefficient (Wildman–Crippen LogP) is 5.00. The number of benzene rings is 2. The summed E-state index contributed by atoms with van der Waals surface area (Å²) in [6.07, 6.45) is 4.31. The largest absolute Gasteiger partial charge is 0.480 e. The Kier molecular flexibility index (Phi) is 5.28. The minimum absolute atomic E-state index is 0.0368. The quantitative estimate of drug-likeness (QED) is 0.399. The van der Waals surface area contributed by atoms with Gasteiger partial charge in [0.05, 0.1) is 23.3 Å². The van der Waals surface area contributed by atoms with E-state index in [2.05, 4.69) is 21.3 Å². The fourth-order valence-corrected chi connectivity index (χ4v) is 6.15. The van der Waals surface area contributed by atoms with Crippen molar-refractivity contribution in [3.8, 4) is 10.9 Å². The molecule has 0 unspecified atom stereocenters. The number of hydrogen-bond acceptors (Lipinski definition) is 7. The maximum Gasteiger partial charge on any atom is 0.317 e. The summed E-state index contributed by atoms with van der Waals surface area (Å²) in [6, 6.07) is 17.3. The SMILES string of the molecule is O=C(O)CN[C@H]1C[C@H]2CC[C@@H](C1)N2Cc1cc2ccc(Oc3nc4ccccc4s3)cc2o1. The van der Waals surface area contributed by atoms with Crippen LogP contribution in [0.2, 0.25) is 0 Å². The average molecular weight is 464 g/mol. The van der Waals surface area contributed by atoms with E-state index >= 15 is 0 Å². The lowest BCUT2D eigenvalue weighted by atomic mass is 9.97. The van der Waals surface area contributed by atoms with E-state index in [1.165, 1.54) is 11.3 Å². The molecule has 2 fully saturated rings. The summed E-state index contributed by atoms with van der Waals surface area (Å²) in [5.41, 5.74) is 1.75. The molecule has 4 aromatic rings. The molecule has 2 aromatic heterocycles. The number of para-hydroxylation sites is 1. The molecule has 2 N–H and O–H groups in total. The van der Waals surface area contributed by atoms with Crippen molar-refractivity contribution >= 4 is 38.5 Å². The summed E-state index contributed by atoms with van der Waals surface area (Å²) in [6.45, 7) is 0.818. The summed E-state index contributed by atoms with van der Waals surface area (Å²) in [7, 11) is 0. The number of carboxylic acid groups (broad SMARTS) is 1. The summed E-state index contributed by atoms with van der Waals surface area (Å²) >= 11 is 1.53. The van der Waals surface area contributed by atoms with Crippen LogP contribution in [0.5, 0.6) is 10.9 Å². The molecular weight excluding hydrogens is 438 g/mol. The topological polar surface area (TPSA) is 87.8 Å². The van der Waals surface area contributed by atoms with Crippen LogP contribution in [0.4, 0.5) is 0 Å². The van der Waals surface area contributed by atoms with Crippen LogP contribution in [0.3, 0.4) is 0 Å². The number of aliphatic carboxylic acids is 1. The molecule has 4 heterocycles.